The third kappa shape index (κ3) is 7.83. The third-order valence-electron chi connectivity index (χ3n) is 7.48. The first-order valence-electron chi connectivity index (χ1n) is 14.6. The van der Waals surface area contributed by atoms with Gasteiger partial charge in [-0.15, -0.1) is 0 Å². The molecule has 5 aromatic rings. The number of hydrogen-bond acceptors (Lipinski definition) is 6. The summed E-state index contributed by atoms with van der Waals surface area (Å²) in [5.41, 5.74) is 8.95. The normalized spacial score (nSPS) is 14.0. The van der Waals surface area contributed by atoms with Crippen molar-refractivity contribution >= 4 is 29.1 Å². The van der Waals surface area contributed by atoms with Crippen LogP contribution in [0.5, 0.6) is 5.75 Å². The number of nitrogens with zero attached hydrogens (tertiary/aromatic N) is 2. The number of halogens is 2. The molecule has 0 radical (unpaired) electrons. The number of hydrogen-bond donors (Lipinski definition) is 3. The average Bonchev–Trinajstić information content (AvgIpc) is 3.77. The third-order valence-corrected chi connectivity index (χ3v) is 7.48. The Morgan fingerprint density at radius 3 is 2.24 bits per heavy atom. The predicted molar refractivity (Wildman–Crippen MR) is 169 cm³/mol. The smallest absolute Gasteiger partial charge is 0.254 e. The van der Waals surface area contributed by atoms with Gasteiger partial charge < -0.3 is 25.5 Å². The minimum Gasteiger partial charge on any atom is -0.504 e. The minimum atomic E-state index is -0.964. The number of nitrogens with two attached hydrogens (primary N) is 1. The first-order chi connectivity index (χ1) is 21.7. The van der Waals surface area contributed by atoms with Gasteiger partial charge in [0.2, 0.25) is 6.41 Å². The predicted octanol–water partition coefficient (Wildman–Crippen LogP) is 6.73. The van der Waals surface area contributed by atoms with Crippen LogP contribution in [-0.2, 0) is 11.3 Å². The number of anilines is 1. The summed E-state index contributed by atoms with van der Waals surface area (Å²) in [6.07, 6.45) is 4.18. The number of carbonyl (C=O) groups is 2. The van der Waals surface area contributed by atoms with Crippen LogP contribution in [0.4, 0.5) is 14.6 Å². The molecule has 1 aliphatic carbocycles. The van der Waals surface area contributed by atoms with Gasteiger partial charge in [-0.2, -0.15) is 0 Å². The topological polar surface area (TPSA) is 122 Å². The molecule has 2 aliphatic rings. The van der Waals surface area contributed by atoms with E-state index in [0.717, 1.165) is 17.0 Å². The van der Waals surface area contributed by atoms with Crippen molar-refractivity contribution in [3.8, 4) is 28.0 Å². The zero-order valence-electron chi connectivity index (χ0n) is 24.8. The zero-order valence-corrected chi connectivity index (χ0v) is 24.8. The SMILES string of the molecule is CC1CC1.Nc1ccccn1.O=CNCc1oc2c(-c3ccc(F)cc3)cc(-c3ccc(C(=O)N4CC(F)C4)cc3)cc2c1O. The molecular weight excluding hydrogens is 578 g/mol. The van der Waals surface area contributed by atoms with Crippen molar-refractivity contribution in [2.75, 3.05) is 18.8 Å². The van der Waals surface area contributed by atoms with Gasteiger partial charge in [0.25, 0.3) is 5.91 Å². The molecule has 232 valence electrons. The van der Waals surface area contributed by atoms with Crippen molar-refractivity contribution < 1.29 is 27.9 Å². The Bertz CT molecular complexity index is 1750. The van der Waals surface area contributed by atoms with Gasteiger partial charge in [0, 0.05) is 17.3 Å². The number of benzene rings is 3. The number of carbonyl (C=O) groups excluding carboxylic acids is 2. The van der Waals surface area contributed by atoms with E-state index in [1.54, 1.807) is 54.7 Å². The van der Waals surface area contributed by atoms with Crippen molar-refractivity contribution in [1.82, 2.24) is 15.2 Å². The van der Waals surface area contributed by atoms with Gasteiger partial charge >= 0.3 is 0 Å². The van der Waals surface area contributed by atoms with E-state index < -0.39 is 6.17 Å². The monoisotopic (exact) mass is 612 g/mol. The second kappa shape index (κ2) is 14.0. The highest BCUT2D eigenvalue weighted by atomic mass is 19.1. The molecule has 3 heterocycles. The van der Waals surface area contributed by atoms with Crippen LogP contribution in [0.2, 0.25) is 0 Å². The molecule has 2 amide bonds. The molecule has 0 atom stereocenters. The molecule has 3 aromatic carbocycles. The molecule has 0 spiro atoms. The first-order valence-corrected chi connectivity index (χ1v) is 14.6. The Morgan fingerprint density at radius 2 is 1.71 bits per heavy atom. The average molecular weight is 613 g/mol. The minimum absolute atomic E-state index is 0.00918. The largest absolute Gasteiger partial charge is 0.504 e. The van der Waals surface area contributed by atoms with E-state index in [2.05, 4.69) is 17.2 Å². The van der Waals surface area contributed by atoms with Crippen LogP contribution >= 0.6 is 0 Å². The highest BCUT2D eigenvalue weighted by Crippen LogP contribution is 2.41. The van der Waals surface area contributed by atoms with Gasteiger partial charge in [-0.1, -0.05) is 50.1 Å². The molecule has 4 N–H and O–H groups in total. The fourth-order valence-corrected chi connectivity index (χ4v) is 4.62. The second-order valence-electron chi connectivity index (χ2n) is 11.1. The molecule has 2 fully saturated rings. The zero-order chi connectivity index (χ0) is 31.9. The highest BCUT2D eigenvalue weighted by molar-refractivity contribution is 6.00. The Labute approximate surface area is 259 Å². The number of rotatable bonds is 6. The second-order valence-corrected chi connectivity index (χ2v) is 11.1. The van der Waals surface area contributed by atoms with Crippen LogP contribution in [0.25, 0.3) is 33.2 Å². The Morgan fingerprint density at radius 1 is 1.04 bits per heavy atom. The number of likely N-dealkylation sites (tertiary alicyclic amines) is 1. The van der Waals surface area contributed by atoms with E-state index in [1.165, 1.54) is 29.9 Å². The molecule has 10 heteroatoms. The molecule has 8 nitrogen and oxygen atoms in total. The van der Waals surface area contributed by atoms with Gasteiger partial charge in [0.15, 0.2) is 11.5 Å². The first kappa shape index (κ1) is 31.2. The van der Waals surface area contributed by atoms with Crippen molar-refractivity contribution in [2.24, 2.45) is 5.92 Å². The van der Waals surface area contributed by atoms with E-state index in [4.69, 9.17) is 10.2 Å². The van der Waals surface area contributed by atoms with Crippen LogP contribution in [0.3, 0.4) is 0 Å². The number of nitrogen functional groups attached to an aromatic ring is 1. The van der Waals surface area contributed by atoms with E-state index in [-0.39, 0.29) is 42.9 Å². The maximum atomic E-state index is 13.5. The van der Waals surface area contributed by atoms with Crippen LogP contribution < -0.4 is 11.1 Å². The molecule has 0 bridgehead atoms. The number of nitrogens with one attached hydrogen (secondary N) is 1. The quantitative estimate of drug-likeness (QED) is 0.183. The number of aromatic hydroxyl groups is 1. The molecule has 0 unspecified atom stereocenters. The lowest BCUT2D eigenvalue weighted by Gasteiger charge is -2.34. The van der Waals surface area contributed by atoms with Crippen molar-refractivity contribution in [3.05, 3.63) is 102 Å². The van der Waals surface area contributed by atoms with E-state index in [9.17, 15) is 23.5 Å². The fraction of sp³-hybridized carbons (Fsp3) is 0.229. The van der Waals surface area contributed by atoms with E-state index in [1.807, 2.05) is 18.2 Å². The molecule has 1 aliphatic heterocycles. The highest BCUT2D eigenvalue weighted by Gasteiger charge is 2.30. The molecular formula is C35H34F2N4O4. The summed E-state index contributed by atoms with van der Waals surface area (Å²) in [6, 6.07) is 21.9. The number of alkyl halides is 1. The van der Waals surface area contributed by atoms with Crippen LogP contribution in [0.1, 0.15) is 35.9 Å². The summed E-state index contributed by atoms with van der Waals surface area (Å²) in [5, 5.41) is 13.7. The summed E-state index contributed by atoms with van der Waals surface area (Å²) >= 11 is 0. The Balaban J connectivity index is 0.000000305. The van der Waals surface area contributed by atoms with E-state index in [0.29, 0.717) is 39.9 Å². The van der Waals surface area contributed by atoms with Gasteiger partial charge in [-0.25, -0.2) is 13.8 Å². The lowest BCUT2D eigenvalue weighted by Crippen LogP contribution is -2.51. The Kier molecular flexibility index (Phi) is 9.72. The molecule has 45 heavy (non-hydrogen) atoms. The molecule has 2 aromatic heterocycles. The number of pyridine rings is 1. The van der Waals surface area contributed by atoms with Gasteiger partial charge in [0.05, 0.1) is 25.0 Å². The number of fused-ring (bicyclic) bond motifs is 1. The lowest BCUT2D eigenvalue weighted by atomic mass is 9.95. The van der Waals surface area contributed by atoms with Crippen molar-refractivity contribution in [3.63, 3.8) is 0 Å². The summed E-state index contributed by atoms with van der Waals surface area (Å²) < 4.78 is 32.5. The summed E-state index contributed by atoms with van der Waals surface area (Å²) in [6.45, 7) is 2.51. The number of aromatic nitrogens is 1. The molecule has 1 saturated carbocycles. The lowest BCUT2D eigenvalue weighted by molar-refractivity contribution is -0.109. The maximum absolute atomic E-state index is 13.5. The van der Waals surface area contributed by atoms with Crippen molar-refractivity contribution in [1.29, 1.82) is 0 Å². The number of amides is 2. The number of furan rings is 1. The molecule has 1 saturated heterocycles. The standard InChI is InChI=1S/C26H20F2N2O4.C5H6N2.C4H8/c27-19-7-5-16(6-8-19)21-9-18(10-22-24(32)23(11-29-14-31)34-25(21)22)15-1-3-17(4-2-15)26(33)30-12-20(28)13-30;6-5-3-1-2-4-7-5;1-4-2-3-4/h1-10,14,20,32H,11-13H2,(H,29,31);1-4H,(H2,6,7);4H,2-3H2,1H3. The van der Waals surface area contributed by atoms with Crippen LogP contribution in [0.15, 0.2) is 89.5 Å². The molecule has 7 rings (SSSR count). The summed E-state index contributed by atoms with van der Waals surface area (Å²) in [5.74, 6) is 1.16. The van der Waals surface area contributed by atoms with Crippen LogP contribution in [0, 0.1) is 11.7 Å². The van der Waals surface area contributed by atoms with Crippen LogP contribution in [-0.4, -0.2) is 46.6 Å². The summed E-state index contributed by atoms with van der Waals surface area (Å²) in [7, 11) is 0. The van der Waals surface area contributed by atoms with E-state index >= 15 is 0 Å². The van der Waals surface area contributed by atoms with Gasteiger partial charge in [-0.05, 0) is 71.1 Å². The van der Waals surface area contributed by atoms with Gasteiger partial charge in [-0.3, -0.25) is 9.59 Å². The Hall–Kier alpha value is -5.25. The van der Waals surface area contributed by atoms with Crippen molar-refractivity contribution in [2.45, 2.75) is 32.5 Å². The fourth-order valence-electron chi connectivity index (χ4n) is 4.62. The maximum Gasteiger partial charge on any atom is 0.254 e. The summed E-state index contributed by atoms with van der Waals surface area (Å²) in [4.78, 5) is 28.4. The van der Waals surface area contributed by atoms with Gasteiger partial charge in [0.1, 0.15) is 23.4 Å².